The molecule has 0 saturated carbocycles. The van der Waals surface area contributed by atoms with Gasteiger partial charge in [-0.3, -0.25) is 14.6 Å². The maximum absolute atomic E-state index is 13.5. The molecule has 2 heterocycles. The van der Waals surface area contributed by atoms with Crippen molar-refractivity contribution < 1.29 is 9.59 Å². The van der Waals surface area contributed by atoms with Crippen LogP contribution in [0.4, 0.5) is 4.79 Å². The van der Waals surface area contributed by atoms with Gasteiger partial charge < -0.3 is 4.90 Å². The summed E-state index contributed by atoms with van der Waals surface area (Å²) >= 11 is 0. The molecule has 0 N–H and O–H groups in total. The minimum Gasteiger partial charge on any atom is -0.310 e. The standard InChI is InChI=1S/C29H31N3O2/c1-2-32-28(34)31(18-8-11-23-9-4-3-5-10-23)27(33)29(32)16-19-30(20-17-29)22-24-14-15-25-12-6-7-13-26(25)21-24/h3-15,21H,2,16-20,22H2,1H3. The first kappa shape index (κ1) is 22.4. The lowest BCUT2D eigenvalue weighted by molar-refractivity contribution is -0.135. The highest BCUT2D eigenvalue weighted by atomic mass is 16.2. The highest BCUT2D eigenvalue weighted by Gasteiger charge is 2.56. The zero-order valence-electron chi connectivity index (χ0n) is 19.7. The summed E-state index contributed by atoms with van der Waals surface area (Å²) in [7, 11) is 0. The summed E-state index contributed by atoms with van der Waals surface area (Å²) in [5.74, 6) is -0.0394. The molecule has 0 aromatic heterocycles. The van der Waals surface area contributed by atoms with Gasteiger partial charge in [-0.25, -0.2) is 4.79 Å². The van der Waals surface area contributed by atoms with Gasteiger partial charge in [-0.2, -0.15) is 0 Å². The molecular formula is C29H31N3O2. The zero-order chi connectivity index (χ0) is 23.5. The van der Waals surface area contributed by atoms with Gasteiger partial charge in [-0.15, -0.1) is 0 Å². The van der Waals surface area contributed by atoms with Crippen LogP contribution in [0.15, 0.2) is 78.9 Å². The van der Waals surface area contributed by atoms with E-state index >= 15 is 0 Å². The van der Waals surface area contributed by atoms with Crippen LogP contribution in [0.1, 0.15) is 30.9 Å². The van der Waals surface area contributed by atoms with Crippen LogP contribution in [-0.4, -0.2) is 58.4 Å². The van der Waals surface area contributed by atoms with Gasteiger partial charge in [0.25, 0.3) is 5.91 Å². The number of urea groups is 1. The summed E-state index contributed by atoms with van der Waals surface area (Å²) in [6.07, 6.45) is 5.23. The lowest BCUT2D eigenvalue weighted by atomic mass is 9.85. The Balaban J connectivity index is 1.26. The molecule has 0 bridgehead atoms. The molecule has 34 heavy (non-hydrogen) atoms. The van der Waals surface area contributed by atoms with Crippen LogP contribution in [0, 0.1) is 0 Å². The van der Waals surface area contributed by atoms with Crippen molar-refractivity contribution in [1.29, 1.82) is 0 Å². The van der Waals surface area contributed by atoms with Crippen molar-refractivity contribution in [2.24, 2.45) is 0 Å². The van der Waals surface area contributed by atoms with Crippen LogP contribution in [0.3, 0.4) is 0 Å². The molecule has 0 unspecified atom stereocenters. The number of imide groups is 1. The zero-order valence-corrected chi connectivity index (χ0v) is 19.7. The van der Waals surface area contributed by atoms with Crippen LogP contribution >= 0.6 is 0 Å². The third-order valence-corrected chi connectivity index (χ3v) is 7.24. The van der Waals surface area contributed by atoms with Crippen molar-refractivity contribution in [2.75, 3.05) is 26.2 Å². The Kier molecular flexibility index (Phi) is 6.20. The van der Waals surface area contributed by atoms with Crippen molar-refractivity contribution in [1.82, 2.24) is 14.7 Å². The maximum atomic E-state index is 13.5. The topological polar surface area (TPSA) is 43.9 Å². The summed E-state index contributed by atoms with van der Waals surface area (Å²) in [6.45, 7) is 5.29. The minimum atomic E-state index is -0.702. The largest absolute Gasteiger partial charge is 0.327 e. The first-order chi connectivity index (χ1) is 16.6. The van der Waals surface area contributed by atoms with Gasteiger partial charge in [0.2, 0.25) is 0 Å². The van der Waals surface area contributed by atoms with Gasteiger partial charge in [-0.1, -0.05) is 78.9 Å². The minimum absolute atomic E-state index is 0.0394. The van der Waals surface area contributed by atoms with Crippen molar-refractivity contribution >= 4 is 28.8 Å². The molecule has 174 valence electrons. The number of likely N-dealkylation sites (tertiary alicyclic amines) is 1. The van der Waals surface area contributed by atoms with E-state index in [0.717, 1.165) is 25.2 Å². The fraction of sp³-hybridized carbons (Fsp3) is 0.310. The second-order valence-electron chi connectivity index (χ2n) is 9.24. The van der Waals surface area contributed by atoms with E-state index in [2.05, 4.69) is 47.4 Å². The monoisotopic (exact) mass is 453 g/mol. The number of rotatable bonds is 6. The Bertz CT molecular complexity index is 1210. The molecule has 3 amide bonds. The number of piperidine rings is 1. The fourth-order valence-electron chi connectivity index (χ4n) is 5.40. The Morgan fingerprint density at radius 2 is 1.59 bits per heavy atom. The van der Waals surface area contributed by atoms with E-state index < -0.39 is 5.54 Å². The third kappa shape index (κ3) is 4.12. The molecule has 1 spiro atoms. The molecule has 0 aliphatic carbocycles. The van der Waals surface area contributed by atoms with Crippen LogP contribution in [0.25, 0.3) is 16.8 Å². The molecule has 2 aliphatic rings. The highest BCUT2D eigenvalue weighted by molar-refractivity contribution is 6.07. The number of hydrogen-bond donors (Lipinski definition) is 0. The van der Waals surface area contributed by atoms with E-state index in [1.807, 2.05) is 49.4 Å². The second kappa shape index (κ2) is 9.43. The van der Waals surface area contributed by atoms with Gasteiger partial charge in [0.15, 0.2) is 0 Å². The summed E-state index contributed by atoms with van der Waals surface area (Å²) in [4.78, 5) is 32.3. The SMILES string of the molecule is CCN1C(=O)N(CC=Cc2ccccc2)C(=O)C12CCN(Cc1ccc3ccccc3c1)CC2. The Hall–Kier alpha value is -3.44. The van der Waals surface area contributed by atoms with Gasteiger partial charge in [0.05, 0.1) is 0 Å². The van der Waals surface area contributed by atoms with Gasteiger partial charge in [0.1, 0.15) is 5.54 Å². The average molecular weight is 454 g/mol. The molecule has 5 heteroatoms. The summed E-state index contributed by atoms with van der Waals surface area (Å²) in [6, 6.07) is 24.8. The number of nitrogens with zero attached hydrogens (tertiary/aromatic N) is 3. The molecule has 5 rings (SSSR count). The summed E-state index contributed by atoms with van der Waals surface area (Å²) < 4.78 is 0. The molecule has 3 aromatic rings. The predicted octanol–water partition coefficient (Wildman–Crippen LogP) is 5.17. The lowest BCUT2D eigenvalue weighted by Crippen LogP contribution is -2.56. The van der Waals surface area contributed by atoms with Crippen LogP contribution in [-0.2, 0) is 11.3 Å². The van der Waals surface area contributed by atoms with Crippen molar-refractivity contribution in [3.05, 3.63) is 90.0 Å². The van der Waals surface area contributed by atoms with Crippen LogP contribution in [0.5, 0.6) is 0 Å². The third-order valence-electron chi connectivity index (χ3n) is 7.24. The quantitative estimate of drug-likeness (QED) is 0.484. The smallest absolute Gasteiger partial charge is 0.310 e. The van der Waals surface area contributed by atoms with E-state index in [0.29, 0.717) is 25.9 Å². The number of benzene rings is 3. The Labute approximate surface area is 201 Å². The van der Waals surface area contributed by atoms with Crippen molar-refractivity contribution in [3.8, 4) is 0 Å². The van der Waals surface area contributed by atoms with E-state index in [9.17, 15) is 9.59 Å². The predicted molar refractivity (Wildman–Crippen MR) is 136 cm³/mol. The molecule has 3 aromatic carbocycles. The lowest BCUT2D eigenvalue weighted by Gasteiger charge is -2.42. The summed E-state index contributed by atoms with van der Waals surface area (Å²) in [5.41, 5.74) is 1.64. The average Bonchev–Trinajstić information content (AvgIpc) is 3.06. The van der Waals surface area contributed by atoms with E-state index in [-0.39, 0.29) is 11.9 Å². The van der Waals surface area contributed by atoms with E-state index in [1.165, 1.54) is 21.2 Å². The highest BCUT2D eigenvalue weighted by Crippen LogP contribution is 2.37. The molecule has 2 aliphatic heterocycles. The van der Waals surface area contributed by atoms with Gasteiger partial charge in [-0.05, 0) is 47.7 Å². The number of carbonyl (C=O) groups is 2. The first-order valence-corrected chi connectivity index (χ1v) is 12.2. The van der Waals surface area contributed by atoms with Gasteiger partial charge >= 0.3 is 6.03 Å². The number of likely N-dealkylation sites (N-methyl/N-ethyl adjacent to an activating group) is 1. The molecule has 0 radical (unpaired) electrons. The Morgan fingerprint density at radius 3 is 2.32 bits per heavy atom. The number of hydrogen-bond acceptors (Lipinski definition) is 3. The Morgan fingerprint density at radius 1 is 0.882 bits per heavy atom. The second-order valence-corrected chi connectivity index (χ2v) is 9.24. The number of amides is 3. The van der Waals surface area contributed by atoms with E-state index in [4.69, 9.17) is 0 Å². The van der Waals surface area contributed by atoms with Crippen LogP contribution < -0.4 is 0 Å². The number of fused-ring (bicyclic) bond motifs is 1. The molecular weight excluding hydrogens is 422 g/mol. The molecule has 5 nitrogen and oxygen atoms in total. The fourth-order valence-corrected chi connectivity index (χ4v) is 5.40. The van der Waals surface area contributed by atoms with Crippen LogP contribution in [0.2, 0.25) is 0 Å². The van der Waals surface area contributed by atoms with Crippen molar-refractivity contribution in [3.63, 3.8) is 0 Å². The molecule has 0 atom stereocenters. The van der Waals surface area contributed by atoms with E-state index in [1.54, 1.807) is 4.90 Å². The van der Waals surface area contributed by atoms with Gasteiger partial charge in [0, 0.05) is 32.7 Å². The molecule has 2 saturated heterocycles. The number of carbonyl (C=O) groups excluding carboxylic acids is 2. The van der Waals surface area contributed by atoms with Crippen molar-refractivity contribution in [2.45, 2.75) is 31.8 Å². The summed E-state index contributed by atoms with van der Waals surface area (Å²) in [5, 5.41) is 2.50. The maximum Gasteiger partial charge on any atom is 0.327 e. The normalized spacial score (nSPS) is 18.6. The molecule has 2 fully saturated rings. The first-order valence-electron chi connectivity index (χ1n) is 12.2.